The van der Waals surface area contributed by atoms with Crippen molar-refractivity contribution in [2.45, 2.75) is 46.6 Å². The van der Waals surface area contributed by atoms with Crippen molar-refractivity contribution >= 4 is 5.69 Å². The standard InChI is InChI=1S/C19H25N/c1-14-12-15(2)19(16(3)13-14)20-17(4)10-11-18-8-6-5-7-9-18/h5-9,12-13,17,20H,10-11H2,1-4H3. The maximum Gasteiger partial charge on any atom is 0.0401 e. The average Bonchev–Trinajstić information content (AvgIpc) is 2.42. The first kappa shape index (κ1) is 14.6. The highest BCUT2D eigenvalue weighted by molar-refractivity contribution is 5.58. The lowest BCUT2D eigenvalue weighted by molar-refractivity contribution is 0.705. The summed E-state index contributed by atoms with van der Waals surface area (Å²) in [6.45, 7) is 8.79. The summed E-state index contributed by atoms with van der Waals surface area (Å²) in [5.74, 6) is 0. The lowest BCUT2D eigenvalue weighted by Gasteiger charge is -2.19. The van der Waals surface area contributed by atoms with Gasteiger partial charge in [0.2, 0.25) is 0 Å². The molecule has 106 valence electrons. The molecule has 2 aromatic carbocycles. The molecule has 1 heteroatoms. The molecule has 0 saturated heterocycles. The normalized spacial score (nSPS) is 12.2. The van der Waals surface area contributed by atoms with Crippen molar-refractivity contribution in [1.82, 2.24) is 0 Å². The Hall–Kier alpha value is -1.76. The second-order valence-corrected chi connectivity index (χ2v) is 5.84. The molecule has 0 bridgehead atoms. The van der Waals surface area contributed by atoms with Crippen LogP contribution in [0.2, 0.25) is 0 Å². The van der Waals surface area contributed by atoms with Crippen molar-refractivity contribution < 1.29 is 0 Å². The zero-order valence-corrected chi connectivity index (χ0v) is 13.0. The summed E-state index contributed by atoms with van der Waals surface area (Å²) >= 11 is 0. The Kier molecular flexibility index (Phi) is 4.84. The molecule has 0 spiro atoms. The highest BCUT2D eigenvalue weighted by atomic mass is 14.9. The third-order valence-electron chi connectivity index (χ3n) is 3.78. The Bertz CT molecular complexity index is 534. The van der Waals surface area contributed by atoms with Gasteiger partial charge in [0.05, 0.1) is 0 Å². The summed E-state index contributed by atoms with van der Waals surface area (Å²) in [6.07, 6.45) is 2.27. The van der Waals surface area contributed by atoms with E-state index < -0.39 is 0 Å². The van der Waals surface area contributed by atoms with Crippen molar-refractivity contribution in [1.29, 1.82) is 0 Å². The van der Waals surface area contributed by atoms with Gasteiger partial charge in [-0.1, -0.05) is 48.0 Å². The molecule has 0 aliphatic heterocycles. The minimum absolute atomic E-state index is 0.482. The molecule has 0 fully saturated rings. The second-order valence-electron chi connectivity index (χ2n) is 5.84. The fourth-order valence-corrected chi connectivity index (χ4v) is 2.75. The molecule has 2 aromatic rings. The molecule has 0 aliphatic rings. The summed E-state index contributed by atoms with van der Waals surface area (Å²) in [5, 5.41) is 3.68. The first-order chi connectivity index (χ1) is 9.56. The molecular formula is C19H25N. The monoisotopic (exact) mass is 267 g/mol. The van der Waals surface area contributed by atoms with E-state index >= 15 is 0 Å². The first-order valence-electron chi connectivity index (χ1n) is 7.44. The van der Waals surface area contributed by atoms with Crippen LogP contribution in [0.25, 0.3) is 0 Å². The fraction of sp³-hybridized carbons (Fsp3) is 0.368. The van der Waals surface area contributed by atoms with Crippen molar-refractivity contribution in [3.05, 3.63) is 64.7 Å². The van der Waals surface area contributed by atoms with Gasteiger partial charge in [-0.25, -0.2) is 0 Å². The van der Waals surface area contributed by atoms with Gasteiger partial charge < -0.3 is 5.32 Å². The first-order valence-corrected chi connectivity index (χ1v) is 7.44. The summed E-state index contributed by atoms with van der Waals surface area (Å²) in [7, 11) is 0. The molecule has 2 rings (SSSR count). The van der Waals surface area contributed by atoms with Crippen LogP contribution < -0.4 is 5.32 Å². The molecule has 0 aromatic heterocycles. The second kappa shape index (κ2) is 6.60. The van der Waals surface area contributed by atoms with Crippen LogP contribution in [0.3, 0.4) is 0 Å². The molecule has 1 N–H and O–H groups in total. The van der Waals surface area contributed by atoms with Gasteiger partial charge in [0.15, 0.2) is 0 Å². The number of hydrogen-bond acceptors (Lipinski definition) is 1. The molecule has 20 heavy (non-hydrogen) atoms. The summed E-state index contributed by atoms with van der Waals surface area (Å²) in [6, 6.07) is 15.7. The van der Waals surface area contributed by atoms with Crippen LogP contribution in [0, 0.1) is 20.8 Å². The number of rotatable bonds is 5. The van der Waals surface area contributed by atoms with Crippen molar-refractivity contribution in [2.24, 2.45) is 0 Å². The quantitative estimate of drug-likeness (QED) is 0.799. The van der Waals surface area contributed by atoms with Crippen LogP contribution in [-0.4, -0.2) is 6.04 Å². The van der Waals surface area contributed by atoms with Gasteiger partial charge in [-0.15, -0.1) is 0 Å². The molecule has 0 saturated carbocycles. The molecule has 1 unspecified atom stereocenters. The lowest BCUT2D eigenvalue weighted by atomic mass is 10.0. The van der Waals surface area contributed by atoms with E-state index in [9.17, 15) is 0 Å². The van der Waals surface area contributed by atoms with E-state index in [2.05, 4.69) is 75.5 Å². The van der Waals surface area contributed by atoms with Crippen LogP contribution in [0.4, 0.5) is 5.69 Å². The lowest BCUT2D eigenvalue weighted by Crippen LogP contribution is -2.17. The fourth-order valence-electron chi connectivity index (χ4n) is 2.75. The van der Waals surface area contributed by atoms with Gasteiger partial charge in [0.1, 0.15) is 0 Å². The summed E-state index contributed by atoms with van der Waals surface area (Å²) < 4.78 is 0. The largest absolute Gasteiger partial charge is 0.382 e. The topological polar surface area (TPSA) is 12.0 Å². The third kappa shape index (κ3) is 3.86. The third-order valence-corrected chi connectivity index (χ3v) is 3.78. The zero-order chi connectivity index (χ0) is 14.5. The minimum Gasteiger partial charge on any atom is -0.382 e. The predicted octanol–water partition coefficient (Wildman–Crippen LogP) is 5.05. The maximum absolute atomic E-state index is 3.68. The van der Waals surface area contributed by atoms with E-state index in [1.165, 1.54) is 27.9 Å². The van der Waals surface area contributed by atoms with Crippen LogP contribution in [0.5, 0.6) is 0 Å². The minimum atomic E-state index is 0.482. The van der Waals surface area contributed by atoms with E-state index in [-0.39, 0.29) is 0 Å². The molecule has 0 amide bonds. The highest BCUT2D eigenvalue weighted by Gasteiger charge is 2.08. The number of nitrogens with one attached hydrogen (secondary N) is 1. The van der Waals surface area contributed by atoms with Crippen molar-refractivity contribution in [3.63, 3.8) is 0 Å². The number of benzene rings is 2. The van der Waals surface area contributed by atoms with E-state index in [4.69, 9.17) is 0 Å². The Balaban J connectivity index is 1.96. The van der Waals surface area contributed by atoms with Crippen LogP contribution in [0.1, 0.15) is 35.6 Å². The van der Waals surface area contributed by atoms with Crippen LogP contribution >= 0.6 is 0 Å². The average molecular weight is 267 g/mol. The van der Waals surface area contributed by atoms with Gasteiger partial charge >= 0.3 is 0 Å². The van der Waals surface area contributed by atoms with E-state index in [1.807, 2.05) is 0 Å². The summed E-state index contributed by atoms with van der Waals surface area (Å²) in [5.41, 5.74) is 6.74. The van der Waals surface area contributed by atoms with Gasteiger partial charge in [0, 0.05) is 11.7 Å². The molecular weight excluding hydrogens is 242 g/mol. The molecule has 1 nitrogen and oxygen atoms in total. The van der Waals surface area contributed by atoms with Crippen molar-refractivity contribution in [2.75, 3.05) is 5.32 Å². The van der Waals surface area contributed by atoms with E-state index in [1.54, 1.807) is 0 Å². The highest BCUT2D eigenvalue weighted by Crippen LogP contribution is 2.23. The van der Waals surface area contributed by atoms with E-state index in [0.717, 1.165) is 12.8 Å². The molecule has 0 radical (unpaired) electrons. The Labute approximate surface area is 123 Å². The number of aryl methyl sites for hydroxylation is 4. The van der Waals surface area contributed by atoms with Gasteiger partial charge in [-0.05, 0) is 57.2 Å². The van der Waals surface area contributed by atoms with Crippen molar-refractivity contribution in [3.8, 4) is 0 Å². The van der Waals surface area contributed by atoms with Gasteiger partial charge in [-0.2, -0.15) is 0 Å². The summed E-state index contributed by atoms with van der Waals surface area (Å²) in [4.78, 5) is 0. The van der Waals surface area contributed by atoms with Crippen LogP contribution in [0.15, 0.2) is 42.5 Å². The van der Waals surface area contributed by atoms with Gasteiger partial charge in [-0.3, -0.25) is 0 Å². The van der Waals surface area contributed by atoms with Gasteiger partial charge in [0.25, 0.3) is 0 Å². The zero-order valence-electron chi connectivity index (χ0n) is 13.0. The molecule has 0 aliphatic carbocycles. The molecule has 0 heterocycles. The van der Waals surface area contributed by atoms with E-state index in [0.29, 0.717) is 6.04 Å². The SMILES string of the molecule is Cc1cc(C)c(NC(C)CCc2ccccc2)c(C)c1. The number of hydrogen-bond donors (Lipinski definition) is 1. The smallest absolute Gasteiger partial charge is 0.0401 e. The maximum atomic E-state index is 3.68. The Morgan fingerprint density at radius 3 is 2.15 bits per heavy atom. The predicted molar refractivity (Wildman–Crippen MR) is 88.5 cm³/mol. The number of anilines is 1. The Morgan fingerprint density at radius 1 is 0.950 bits per heavy atom. The van der Waals surface area contributed by atoms with Crippen LogP contribution in [-0.2, 0) is 6.42 Å². The Morgan fingerprint density at radius 2 is 1.55 bits per heavy atom. The molecule has 1 atom stereocenters.